The van der Waals surface area contributed by atoms with E-state index >= 15 is 0 Å². The second-order valence-corrected chi connectivity index (χ2v) is 7.69. The highest BCUT2D eigenvalue weighted by molar-refractivity contribution is 7.97. The van der Waals surface area contributed by atoms with Crippen LogP contribution in [0.15, 0.2) is 59.9 Å². The molecule has 5 nitrogen and oxygen atoms in total. The maximum Gasteiger partial charge on any atom is 0.251 e. The first-order valence-corrected chi connectivity index (χ1v) is 9.78. The van der Waals surface area contributed by atoms with Crippen LogP contribution in [0.25, 0.3) is 5.65 Å². The average Bonchev–Trinajstić information content (AvgIpc) is 3.16. The molecule has 134 valence electrons. The van der Waals surface area contributed by atoms with Gasteiger partial charge in [-0.3, -0.25) is 4.79 Å². The number of imidazole rings is 1. The van der Waals surface area contributed by atoms with E-state index < -0.39 is 0 Å². The summed E-state index contributed by atoms with van der Waals surface area (Å²) in [6.07, 6.45) is 9.37. The van der Waals surface area contributed by atoms with Crippen LogP contribution >= 0.6 is 11.9 Å². The molecule has 2 aromatic heterocycles. The summed E-state index contributed by atoms with van der Waals surface area (Å²) in [5.74, 6) is -0.0812. The van der Waals surface area contributed by atoms with Gasteiger partial charge in [-0.05, 0) is 54.6 Å². The molecule has 3 aromatic rings. The minimum Gasteiger partial charge on any atom is -0.348 e. The van der Waals surface area contributed by atoms with Crippen molar-refractivity contribution in [3.8, 4) is 0 Å². The molecule has 26 heavy (non-hydrogen) atoms. The summed E-state index contributed by atoms with van der Waals surface area (Å²) >= 11 is 1.83. The third-order valence-corrected chi connectivity index (χ3v) is 5.69. The first-order valence-electron chi connectivity index (χ1n) is 9.01. The molecule has 4 rings (SSSR count). The normalized spacial score (nSPS) is 15.2. The predicted molar refractivity (Wildman–Crippen MR) is 104 cm³/mol. The van der Waals surface area contributed by atoms with Gasteiger partial charge in [0.1, 0.15) is 5.65 Å². The van der Waals surface area contributed by atoms with Crippen molar-refractivity contribution < 1.29 is 4.79 Å². The van der Waals surface area contributed by atoms with Gasteiger partial charge in [0.2, 0.25) is 0 Å². The molecular weight excluding hydrogens is 344 g/mol. The Balaban J connectivity index is 1.32. The van der Waals surface area contributed by atoms with Crippen LogP contribution in [0, 0.1) is 0 Å². The van der Waals surface area contributed by atoms with Crippen LogP contribution in [0.5, 0.6) is 0 Å². The number of hydrogen-bond donors (Lipinski definition) is 1. The standard InChI is InChI=1S/C20H22N4OS/c25-20(17-8-12-23-13-9-21-19(23)14-17)22-15-16-4-6-18(7-5-16)26-24-10-2-1-3-11-24/h4-9,12-14H,1-3,10-11,15H2,(H,22,25). The Bertz CT molecular complexity index is 884. The molecular formula is C20H22N4OS. The topological polar surface area (TPSA) is 49.6 Å². The minimum absolute atomic E-state index is 0.0812. The quantitative estimate of drug-likeness (QED) is 0.699. The van der Waals surface area contributed by atoms with E-state index in [0.29, 0.717) is 12.1 Å². The summed E-state index contributed by atoms with van der Waals surface area (Å²) in [6.45, 7) is 2.86. The lowest BCUT2D eigenvalue weighted by Gasteiger charge is -2.25. The van der Waals surface area contributed by atoms with Crippen LogP contribution in [-0.2, 0) is 6.54 Å². The van der Waals surface area contributed by atoms with Gasteiger partial charge in [0.25, 0.3) is 5.91 Å². The van der Waals surface area contributed by atoms with Gasteiger partial charge in [-0.2, -0.15) is 0 Å². The Kier molecular flexibility index (Phi) is 5.22. The number of hydrogen-bond acceptors (Lipinski definition) is 4. The van der Waals surface area contributed by atoms with Crippen molar-refractivity contribution in [3.63, 3.8) is 0 Å². The molecule has 0 unspecified atom stereocenters. The fraction of sp³-hybridized carbons (Fsp3) is 0.300. The van der Waals surface area contributed by atoms with Crippen molar-refractivity contribution in [2.45, 2.75) is 30.7 Å². The Morgan fingerprint density at radius 1 is 1.08 bits per heavy atom. The number of amides is 1. The number of benzene rings is 1. The third kappa shape index (κ3) is 4.08. The van der Waals surface area contributed by atoms with Crippen molar-refractivity contribution in [2.75, 3.05) is 13.1 Å². The molecule has 1 fully saturated rings. The van der Waals surface area contributed by atoms with Crippen molar-refractivity contribution in [3.05, 3.63) is 66.1 Å². The van der Waals surface area contributed by atoms with Gasteiger partial charge in [-0.25, -0.2) is 9.29 Å². The molecule has 0 aliphatic carbocycles. The lowest BCUT2D eigenvalue weighted by Crippen LogP contribution is -2.23. The van der Waals surface area contributed by atoms with E-state index in [1.54, 1.807) is 12.3 Å². The zero-order valence-corrected chi connectivity index (χ0v) is 15.4. The average molecular weight is 366 g/mol. The van der Waals surface area contributed by atoms with Crippen molar-refractivity contribution in [2.24, 2.45) is 0 Å². The Morgan fingerprint density at radius 2 is 1.88 bits per heavy atom. The van der Waals surface area contributed by atoms with E-state index in [2.05, 4.69) is 38.9 Å². The van der Waals surface area contributed by atoms with Gasteiger partial charge >= 0.3 is 0 Å². The van der Waals surface area contributed by atoms with Crippen LogP contribution in [0.3, 0.4) is 0 Å². The van der Waals surface area contributed by atoms with E-state index in [1.165, 1.54) is 37.2 Å². The molecule has 6 heteroatoms. The number of rotatable bonds is 5. The van der Waals surface area contributed by atoms with Crippen molar-refractivity contribution in [1.29, 1.82) is 0 Å². The summed E-state index contributed by atoms with van der Waals surface area (Å²) in [4.78, 5) is 17.8. The van der Waals surface area contributed by atoms with Gasteiger partial charge in [0.15, 0.2) is 0 Å². The SMILES string of the molecule is O=C(NCc1ccc(SN2CCCCC2)cc1)c1ccn2ccnc2c1. The lowest BCUT2D eigenvalue weighted by atomic mass is 10.2. The fourth-order valence-electron chi connectivity index (χ4n) is 3.11. The summed E-state index contributed by atoms with van der Waals surface area (Å²) in [5, 5.41) is 2.98. The largest absolute Gasteiger partial charge is 0.348 e. The highest BCUT2D eigenvalue weighted by atomic mass is 32.2. The van der Waals surface area contributed by atoms with Crippen molar-refractivity contribution in [1.82, 2.24) is 19.0 Å². The van der Waals surface area contributed by atoms with E-state index in [-0.39, 0.29) is 5.91 Å². The molecule has 0 saturated carbocycles. The number of fused-ring (bicyclic) bond motifs is 1. The molecule has 1 amide bonds. The zero-order valence-electron chi connectivity index (χ0n) is 14.6. The number of aromatic nitrogens is 2. The Morgan fingerprint density at radius 3 is 2.69 bits per heavy atom. The van der Waals surface area contributed by atoms with Crippen molar-refractivity contribution >= 4 is 23.5 Å². The van der Waals surface area contributed by atoms with Crippen LogP contribution in [0.2, 0.25) is 0 Å². The molecule has 0 bridgehead atoms. The summed E-state index contributed by atoms with van der Waals surface area (Å²) in [7, 11) is 0. The second-order valence-electron chi connectivity index (χ2n) is 6.52. The van der Waals surface area contributed by atoms with Gasteiger partial charge in [0, 0.05) is 48.7 Å². The summed E-state index contributed by atoms with van der Waals surface area (Å²) in [5.41, 5.74) is 2.50. The smallest absolute Gasteiger partial charge is 0.251 e. The van der Waals surface area contributed by atoms with E-state index in [1.807, 2.05) is 34.8 Å². The molecule has 0 radical (unpaired) electrons. The third-order valence-electron chi connectivity index (χ3n) is 4.59. The molecule has 1 N–H and O–H groups in total. The number of carbonyl (C=O) groups is 1. The lowest BCUT2D eigenvalue weighted by molar-refractivity contribution is 0.0951. The van der Waals surface area contributed by atoms with Crippen LogP contribution in [0.1, 0.15) is 35.2 Å². The van der Waals surface area contributed by atoms with Gasteiger partial charge in [0.05, 0.1) is 0 Å². The second kappa shape index (κ2) is 7.93. The summed E-state index contributed by atoms with van der Waals surface area (Å²) < 4.78 is 4.32. The number of piperidine rings is 1. The fourth-order valence-corrected chi connectivity index (χ4v) is 4.11. The highest BCUT2D eigenvalue weighted by Crippen LogP contribution is 2.26. The Hall–Kier alpha value is -2.31. The zero-order chi connectivity index (χ0) is 17.8. The number of nitrogens with zero attached hydrogens (tertiary/aromatic N) is 3. The molecule has 1 saturated heterocycles. The molecule has 1 aromatic carbocycles. The molecule has 1 aliphatic heterocycles. The van der Waals surface area contributed by atoms with Crippen LogP contribution < -0.4 is 5.32 Å². The first kappa shape index (κ1) is 17.1. The summed E-state index contributed by atoms with van der Waals surface area (Å²) in [6, 6.07) is 12.1. The van der Waals surface area contributed by atoms with Crippen LogP contribution in [-0.4, -0.2) is 32.7 Å². The number of nitrogens with one attached hydrogen (secondary N) is 1. The minimum atomic E-state index is -0.0812. The van der Waals surface area contributed by atoms with Crippen LogP contribution in [0.4, 0.5) is 0 Å². The molecule has 0 atom stereocenters. The maximum absolute atomic E-state index is 12.4. The molecule has 0 spiro atoms. The highest BCUT2D eigenvalue weighted by Gasteiger charge is 2.11. The number of carbonyl (C=O) groups excluding carboxylic acids is 1. The number of pyridine rings is 1. The first-order chi connectivity index (χ1) is 12.8. The van der Waals surface area contributed by atoms with Gasteiger partial charge in [-0.15, -0.1) is 0 Å². The monoisotopic (exact) mass is 366 g/mol. The van der Waals surface area contributed by atoms with E-state index in [0.717, 1.165) is 11.2 Å². The predicted octanol–water partition coefficient (Wildman–Crippen LogP) is 3.76. The maximum atomic E-state index is 12.4. The van der Waals surface area contributed by atoms with Gasteiger partial charge in [-0.1, -0.05) is 18.6 Å². The molecule has 1 aliphatic rings. The molecule has 3 heterocycles. The van der Waals surface area contributed by atoms with Gasteiger partial charge < -0.3 is 9.72 Å². The van der Waals surface area contributed by atoms with E-state index in [4.69, 9.17) is 0 Å². The van der Waals surface area contributed by atoms with E-state index in [9.17, 15) is 4.79 Å². The Labute approximate surface area is 157 Å².